The zero-order valence-electron chi connectivity index (χ0n) is 11.4. The number of hydrogen-bond acceptors (Lipinski definition) is 4. The highest BCUT2D eigenvalue weighted by Crippen LogP contribution is 2.29. The highest BCUT2D eigenvalue weighted by molar-refractivity contribution is 5.84. The van der Waals surface area contributed by atoms with E-state index in [0.29, 0.717) is 5.39 Å². The van der Waals surface area contributed by atoms with Gasteiger partial charge in [-0.25, -0.2) is 0 Å². The van der Waals surface area contributed by atoms with Gasteiger partial charge in [-0.2, -0.15) is 0 Å². The average molecular weight is 275 g/mol. The van der Waals surface area contributed by atoms with E-state index in [1.807, 2.05) is 19.1 Å². The maximum atomic E-state index is 12.5. The minimum absolute atomic E-state index is 0.225. The van der Waals surface area contributed by atoms with E-state index >= 15 is 0 Å². The first-order valence-corrected chi connectivity index (χ1v) is 6.63. The third kappa shape index (κ3) is 1.86. The molecular formula is C15H17NO4. The van der Waals surface area contributed by atoms with Gasteiger partial charge in [-0.05, 0) is 30.9 Å². The van der Waals surface area contributed by atoms with Crippen LogP contribution in [0.4, 0.5) is 0 Å². The molecule has 3 rings (SSSR count). The second-order valence-electron chi connectivity index (χ2n) is 5.28. The number of benzene rings is 1. The quantitative estimate of drug-likeness (QED) is 0.813. The molecule has 1 fully saturated rings. The molecule has 1 aliphatic rings. The van der Waals surface area contributed by atoms with Crippen molar-refractivity contribution >= 4 is 10.8 Å². The van der Waals surface area contributed by atoms with Crippen LogP contribution < -0.4 is 5.56 Å². The minimum atomic E-state index is -1.11. The molecule has 2 aromatic rings. The minimum Gasteiger partial charge on any atom is -0.388 e. The van der Waals surface area contributed by atoms with Gasteiger partial charge in [0.15, 0.2) is 6.23 Å². The molecule has 5 nitrogen and oxygen atoms in total. The Balaban J connectivity index is 2.18. The van der Waals surface area contributed by atoms with Crippen LogP contribution in [-0.4, -0.2) is 33.1 Å². The standard InChI is InChI=1S/C15H17NO4/c1-8-7-16(15-13(18)12(17)9(2)20-15)14(19)11-6-4-3-5-10(8)11/h3-7,9,12-13,15,17-18H,1-2H3. The molecule has 5 heteroatoms. The third-order valence-electron chi connectivity index (χ3n) is 3.90. The molecule has 1 saturated heterocycles. The Hall–Kier alpha value is -1.69. The topological polar surface area (TPSA) is 71.7 Å². The lowest BCUT2D eigenvalue weighted by Gasteiger charge is -2.19. The van der Waals surface area contributed by atoms with E-state index in [4.69, 9.17) is 4.74 Å². The van der Waals surface area contributed by atoms with E-state index in [1.54, 1.807) is 25.3 Å². The largest absolute Gasteiger partial charge is 0.388 e. The lowest BCUT2D eigenvalue weighted by atomic mass is 10.1. The number of pyridine rings is 1. The van der Waals surface area contributed by atoms with Crippen LogP contribution in [0.3, 0.4) is 0 Å². The summed E-state index contributed by atoms with van der Waals surface area (Å²) in [6.07, 6.45) is -1.78. The molecular weight excluding hydrogens is 258 g/mol. The Morgan fingerprint density at radius 2 is 1.80 bits per heavy atom. The van der Waals surface area contributed by atoms with Gasteiger partial charge in [0.1, 0.15) is 12.2 Å². The second kappa shape index (κ2) is 4.70. The molecule has 1 aromatic heterocycles. The van der Waals surface area contributed by atoms with Gasteiger partial charge in [-0.1, -0.05) is 18.2 Å². The Labute approximate surface area is 116 Å². The predicted molar refractivity (Wildman–Crippen MR) is 74.5 cm³/mol. The van der Waals surface area contributed by atoms with Gasteiger partial charge in [0.05, 0.1) is 6.10 Å². The summed E-state index contributed by atoms with van der Waals surface area (Å²) < 4.78 is 6.89. The zero-order chi connectivity index (χ0) is 14.4. The summed E-state index contributed by atoms with van der Waals surface area (Å²) in [4.78, 5) is 12.5. The van der Waals surface area contributed by atoms with Crippen LogP contribution in [0.5, 0.6) is 0 Å². The van der Waals surface area contributed by atoms with Crippen molar-refractivity contribution < 1.29 is 14.9 Å². The van der Waals surface area contributed by atoms with Crippen LogP contribution in [-0.2, 0) is 4.74 Å². The monoisotopic (exact) mass is 275 g/mol. The van der Waals surface area contributed by atoms with Gasteiger partial charge >= 0.3 is 0 Å². The number of nitrogens with zero attached hydrogens (tertiary/aromatic N) is 1. The number of aliphatic hydroxyl groups is 2. The number of hydrogen-bond donors (Lipinski definition) is 2. The van der Waals surface area contributed by atoms with Crippen LogP contribution in [0.2, 0.25) is 0 Å². The normalized spacial score (nSPS) is 30.0. The van der Waals surface area contributed by atoms with Gasteiger partial charge in [0.2, 0.25) is 0 Å². The molecule has 0 saturated carbocycles. The summed E-state index contributed by atoms with van der Waals surface area (Å²) in [6, 6.07) is 7.32. The average Bonchev–Trinajstić information content (AvgIpc) is 2.70. The number of aryl methyl sites for hydroxylation is 1. The molecule has 1 aromatic carbocycles. The fraction of sp³-hybridized carbons (Fsp3) is 0.400. The fourth-order valence-electron chi connectivity index (χ4n) is 2.74. The second-order valence-corrected chi connectivity index (χ2v) is 5.28. The van der Waals surface area contributed by atoms with Gasteiger partial charge in [0.25, 0.3) is 5.56 Å². The summed E-state index contributed by atoms with van der Waals surface area (Å²) in [6.45, 7) is 3.58. The van der Waals surface area contributed by atoms with E-state index in [9.17, 15) is 15.0 Å². The molecule has 0 spiro atoms. The molecule has 0 radical (unpaired) electrons. The number of fused-ring (bicyclic) bond motifs is 1. The molecule has 106 valence electrons. The maximum Gasteiger partial charge on any atom is 0.260 e. The van der Waals surface area contributed by atoms with Crippen molar-refractivity contribution in [1.29, 1.82) is 0 Å². The zero-order valence-corrected chi connectivity index (χ0v) is 11.4. The van der Waals surface area contributed by atoms with E-state index in [2.05, 4.69) is 0 Å². The van der Waals surface area contributed by atoms with Crippen molar-refractivity contribution in [2.45, 2.75) is 38.4 Å². The molecule has 4 unspecified atom stereocenters. The van der Waals surface area contributed by atoms with Gasteiger partial charge in [0, 0.05) is 11.6 Å². The smallest absolute Gasteiger partial charge is 0.260 e. The lowest BCUT2D eigenvalue weighted by molar-refractivity contribution is -0.0340. The van der Waals surface area contributed by atoms with E-state index in [-0.39, 0.29) is 5.56 Å². The van der Waals surface area contributed by atoms with Crippen molar-refractivity contribution in [1.82, 2.24) is 4.57 Å². The van der Waals surface area contributed by atoms with Crippen LogP contribution in [0.1, 0.15) is 18.7 Å². The number of aromatic nitrogens is 1. The third-order valence-corrected chi connectivity index (χ3v) is 3.90. The van der Waals surface area contributed by atoms with Gasteiger partial charge < -0.3 is 14.9 Å². The lowest BCUT2D eigenvalue weighted by Crippen LogP contribution is -2.34. The summed E-state index contributed by atoms with van der Waals surface area (Å²) in [5, 5.41) is 21.3. The molecule has 2 N–H and O–H groups in total. The van der Waals surface area contributed by atoms with Crippen LogP contribution in [0.15, 0.2) is 35.3 Å². The SMILES string of the molecule is Cc1cn(C2OC(C)C(O)C2O)c(=O)c2ccccc12. The Kier molecular flexibility index (Phi) is 3.12. The first-order chi connectivity index (χ1) is 9.50. The highest BCUT2D eigenvalue weighted by atomic mass is 16.6. The Morgan fingerprint density at radius 1 is 1.15 bits per heavy atom. The van der Waals surface area contributed by atoms with Crippen LogP contribution >= 0.6 is 0 Å². The predicted octanol–water partition coefficient (Wildman–Crippen LogP) is 0.949. The van der Waals surface area contributed by atoms with Crippen LogP contribution in [0.25, 0.3) is 10.8 Å². The molecule has 0 aliphatic carbocycles. The van der Waals surface area contributed by atoms with E-state index < -0.39 is 24.5 Å². The molecule has 2 heterocycles. The molecule has 4 atom stereocenters. The first-order valence-electron chi connectivity index (χ1n) is 6.63. The fourth-order valence-corrected chi connectivity index (χ4v) is 2.74. The molecule has 0 amide bonds. The van der Waals surface area contributed by atoms with Crippen LogP contribution in [0, 0.1) is 6.92 Å². The van der Waals surface area contributed by atoms with Crippen molar-refractivity contribution in [3.63, 3.8) is 0 Å². The molecule has 0 bridgehead atoms. The Morgan fingerprint density at radius 3 is 2.40 bits per heavy atom. The van der Waals surface area contributed by atoms with E-state index in [1.165, 1.54) is 4.57 Å². The highest BCUT2D eigenvalue weighted by Gasteiger charge is 2.41. The van der Waals surface area contributed by atoms with Crippen molar-refractivity contribution in [3.05, 3.63) is 46.4 Å². The summed E-state index contributed by atoms with van der Waals surface area (Å²) >= 11 is 0. The first kappa shape index (κ1) is 13.3. The Bertz CT molecular complexity index is 709. The van der Waals surface area contributed by atoms with Gasteiger partial charge in [-0.3, -0.25) is 9.36 Å². The number of rotatable bonds is 1. The number of aliphatic hydroxyl groups excluding tert-OH is 2. The van der Waals surface area contributed by atoms with Crippen molar-refractivity contribution in [2.24, 2.45) is 0 Å². The maximum absolute atomic E-state index is 12.5. The number of ether oxygens (including phenoxy) is 1. The van der Waals surface area contributed by atoms with E-state index in [0.717, 1.165) is 10.9 Å². The van der Waals surface area contributed by atoms with Crippen molar-refractivity contribution in [3.8, 4) is 0 Å². The molecule has 1 aliphatic heterocycles. The van der Waals surface area contributed by atoms with Gasteiger partial charge in [-0.15, -0.1) is 0 Å². The summed E-state index contributed by atoms with van der Waals surface area (Å²) in [7, 11) is 0. The summed E-state index contributed by atoms with van der Waals surface area (Å²) in [5.74, 6) is 0. The van der Waals surface area contributed by atoms with Crippen molar-refractivity contribution in [2.75, 3.05) is 0 Å². The summed E-state index contributed by atoms with van der Waals surface area (Å²) in [5.41, 5.74) is 0.696. The molecule has 20 heavy (non-hydrogen) atoms.